The zero-order valence-electron chi connectivity index (χ0n) is 9.19. The summed E-state index contributed by atoms with van der Waals surface area (Å²) < 4.78 is 2.67. The first-order valence-electron chi connectivity index (χ1n) is 5.34. The zero-order chi connectivity index (χ0) is 12.5. The molecule has 0 bridgehead atoms. The highest BCUT2D eigenvalue weighted by molar-refractivity contribution is 14.1. The van der Waals surface area contributed by atoms with E-state index >= 15 is 0 Å². The summed E-state index contributed by atoms with van der Waals surface area (Å²) in [5.41, 5.74) is 2.61. The first kappa shape index (κ1) is 13.1. The number of benzene rings is 1. The van der Waals surface area contributed by atoms with Crippen molar-refractivity contribution in [2.75, 3.05) is 0 Å². The van der Waals surface area contributed by atoms with E-state index in [2.05, 4.69) is 93.7 Å². The van der Waals surface area contributed by atoms with Gasteiger partial charge >= 0.3 is 0 Å². The Bertz CT molecular complexity index is 606. The summed E-state index contributed by atoms with van der Waals surface area (Å²) in [7, 11) is 0. The molecule has 90 valence electrons. The lowest BCUT2D eigenvalue weighted by Gasteiger charge is -2.00. The second-order valence-electron chi connectivity index (χ2n) is 3.78. The monoisotopic (exact) mass is 494 g/mol. The number of hydrogen-bond acceptors (Lipinski definition) is 2. The molecule has 0 aliphatic rings. The molecule has 1 aromatic carbocycles. The van der Waals surface area contributed by atoms with Crippen LogP contribution in [0.3, 0.4) is 0 Å². The Morgan fingerprint density at radius 3 is 1.22 bits per heavy atom. The predicted octanol–water partition coefficient (Wildman–Crippen LogP) is 6.35. The fourth-order valence-corrected chi connectivity index (χ4v) is 4.99. The van der Waals surface area contributed by atoms with Crippen LogP contribution in [0.2, 0.25) is 0 Å². The van der Waals surface area contributed by atoms with Gasteiger partial charge in [0.2, 0.25) is 0 Å². The van der Waals surface area contributed by atoms with Gasteiger partial charge in [-0.2, -0.15) is 0 Å². The molecule has 3 rings (SSSR count). The quantitative estimate of drug-likeness (QED) is 0.365. The van der Waals surface area contributed by atoms with E-state index in [0.29, 0.717) is 0 Å². The normalized spacial score (nSPS) is 10.8. The van der Waals surface area contributed by atoms with Crippen LogP contribution in [0.1, 0.15) is 0 Å². The third-order valence-corrected chi connectivity index (χ3v) is 6.49. The summed E-state index contributed by atoms with van der Waals surface area (Å²) in [4.78, 5) is 2.68. The van der Waals surface area contributed by atoms with Gasteiger partial charge in [0.25, 0.3) is 0 Å². The zero-order valence-corrected chi connectivity index (χ0v) is 15.1. The van der Waals surface area contributed by atoms with Crippen molar-refractivity contribution in [2.24, 2.45) is 0 Å². The average Bonchev–Trinajstić information content (AvgIpc) is 2.98. The van der Waals surface area contributed by atoms with Crippen molar-refractivity contribution < 1.29 is 0 Å². The summed E-state index contributed by atoms with van der Waals surface area (Å²) in [6.07, 6.45) is 0. The maximum absolute atomic E-state index is 2.37. The molecule has 0 amide bonds. The third kappa shape index (κ3) is 2.81. The topological polar surface area (TPSA) is 0 Å². The smallest absolute Gasteiger partial charge is 0.0660 e. The van der Waals surface area contributed by atoms with Gasteiger partial charge in [-0.1, -0.05) is 24.3 Å². The van der Waals surface area contributed by atoms with Gasteiger partial charge in [0.1, 0.15) is 0 Å². The lowest BCUT2D eigenvalue weighted by molar-refractivity contribution is 1.69. The van der Waals surface area contributed by atoms with Crippen molar-refractivity contribution in [3.8, 4) is 20.9 Å². The first-order valence-corrected chi connectivity index (χ1v) is 9.13. The second-order valence-corrected chi connectivity index (χ2v) is 9.74. The molecule has 0 unspecified atom stereocenters. The van der Waals surface area contributed by atoms with Crippen molar-refractivity contribution in [3.05, 3.63) is 54.3 Å². The highest BCUT2D eigenvalue weighted by atomic mass is 127. The largest absolute Gasteiger partial charge is 0.129 e. The molecular weight excluding hydrogens is 486 g/mol. The van der Waals surface area contributed by atoms with Crippen LogP contribution in [0.4, 0.5) is 0 Å². The Hall–Kier alpha value is 0.0800. The molecule has 4 heteroatoms. The Morgan fingerprint density at radius 1 is 0.556 bits per heavy atom. The summed E-state index contributed by atoms with van der Waals surface area (Å²) in [6.45, 7) is 0. The average molecular weight is 494 g/mol. The third-order valence-electron chi connectivity index (χ3n) is 2.60. The molecule has 0 saturated heterocycles. The van der Waals surface area contributed by atoms with E-state index in [9.17, 15) is 0 Å². The molecule has 0 spiro atoms. The van der Waals surface area contributed by atoms with Crippen LogP contribution in [0.15, 0.2) is 48.5 Å². The molecule has 0 aliphatic carbocycles. The Morgan fingerprint density at radius 2 is 0.944 bits per heavy atom. The van der Waals surface area contributed by atoms with Crippen LogP contribution >= 0.6 is 67.9 Å². The lowest BCUT2D eigenvalue weighted by atomic mass is 10.1. The van der Waals surface area contributed by atoms with E-state index in [1.165, 1.54) is 26.6 Å². The molecule has 2 heterocycles. The summed E-state index contributed by atoms with van der Waals surface area (Å²) in [5, 5.41) is 0. The molecular formula is C14H8I2S2. The fourth-order valence-electron chi connectivity index (χ4n) is 1.74. The van der Waals surface area contributed by atoms with E-state index in [4.69, 9.17) is 0 Å². The molecule has 0 N–H and O–H groups in total. The van der Waals surface area contributed by atoms with Gasteiger partial charge in [0.05, 0.1) is 5.77 Å². The first-order chi connectivity index (χ1) is 8.72. The SMILES string of the molecule is Ic1ccc(-c2ccc(-c3ccc(I)s3)cc2)s1. The standard InChI is InChI=1S/C14H8I2S2/c15-13-7-5-11(17-13)9-1-2-10(4-3-9)12-6-8-14(16)18-12/h1-8H. The van der Waals surface area contributed by atoms with E-state index in [0.717, 1.165) is 0 Å². The van der Waals surface area contributed by atoms with E-state index < -0.39 is 0 Å². The minimum absolute atomic E-state index is 1.30. The van der Waals surface area contributed by atoms with Crippen LogP contribution in [0.25, 0.3) is 20.9 Å². The maximum atomic E-state index is 2.37. The molecule has 0 saturated carbocycles. The summed E-state index contributed by atoms with van der Waals surface area (Å²) >= 11 is 8.40. The van der Waals surface area contributed by atoms with E-state index in [-0.39, 0.29) is 0 Å². The van der Waals surface area contributed by atoms with Crippen LogP contribution in [-0.4, -0.2) is 0 Å². The van der Waals surface area contributed by atoms with E-state index in [1.54, 1.807) is 0 Å². The Kier molecular flexibility index (Phi) is 4.07. The highest BCUT2D eigenvalue weighted by Gasteiger charge is 2.04. The summed E-state index contributed by atoms with van der Waals surface area (Å²) in [5.74, 6) is 0. The maximum Gasteiger partial charge on any atom is 0.0660 e. The molecule has 0 radical (unpaired) electrons. The van der Waals surface area contributed by atoms with Crippen LogP contribution < -0.4 is 0 Å². The van der Waals surface area contributed by atoms with E-state index in [1.807, 2.05) is 22.7 Å². The number of halogens is 2. The predicted molar refractivity (Wildman–Crippen MR) is 98.5 cm³/mol. The highest BCUT2D eigenvalue weighted by Crippen LogP contribution is 2.33. The van der Waals surface area contributed by atoms with Gasteiger partial charge in [-0.15, -0.1) is 22.7 Å². The second kappa shape index (κ2) is 5.60. The van der Waals surface area contributed by atoms with Crippen molar-refractivity contribution in [2.45, 2.75) is 0 Å². The summed E-state index contributed by atoms with van der Waals surface area (Å²) in [6, 6.07) is 17.6. The van der Waals surface area contributed by atoms with Crippen LogP contribution in [0.5, 0.6) is 0 Å². The molecule has 0 atom stereocenters. The number of rotatable bonds is 2. The molecule has 18 heavy (non-hydrogen) atoms. The van der Waals surface area contributed by atoms with Gasteiger partial charge in [-0.3, -0.25) is 0 Å². The Balaban J connectivity index is 1.94. The number of hydrogen-bond donors (Lipinski definition) is 0. The fraction of sp³-hybridized carbons (Fsp3) is 0. The molecule has 3 aromatic rings. The molecule has 0 aliphatic heterocycles. The van der Waals surface area contributed by atoms with Crippen LogP contribution in [-0.2, 0) is 0 Å². The molecule has 0 fully saturated rings. The van der Waals surface area contributed by atoms with Crippen molar-refractivity contribution in [3.63, 3.8) is 0 Å². The van der Waals surface area contributed by atoms with Crippen molar-refractivity contribution in [1.29, 1.82) is 0 Å². The molecule has 2 aromatic heterocycles. The van der Waals surface area contributed by atoms with Crippen molar-refractivity contribution >= 4 is 67.9 Å². The Labute approximate surface area is 141 Å². The lowest BCUT2D eigenvalue weighted by Crippen LogP contribution is -1.74. The minimum atomic E-state index is 1.30. The van der Waals surface area contributed by atoms with Gasteiger partial charge in [-0.05, 0) is 80.6 Å². The minimum Gasteiger partial charge on any atom is -0.129 e. The van der Waals surface area contributed by atoms with Gasteiger partial charge < -0.3 is 0 Å². The van der Waals surface area contributed by atoms with Crippen molar-refractivity contribution in [1.82, 2.24) is 0 Å². The number of thiophene rings is 2. The van der Waals surface area contributed by atoms with Crippen LogP contribution in [0, 0.1) is 5.77 Å². The van der Waals surface area contributed by atoms with Gasteiger partial charge in [0.15, 0.2) is 0 Å². The van der Waals surface area contributed by atoms with Gasteiger partial charge in [0, 0.05) is 9.75 Å². The van der Waals surface area contributed by atoms with Gasteiger partial charge in [-0.25, -0.2) is 0 Å². The molecule has 0 nitrogen and oxygen atoms in total.